The van der Waals surface area contributed by atoms with Crippen LogP contribution in [0.1, 0.15) is 12.0 Å². The molecule has 1 heterocycles. The van der Waals surface area contributed by atoms with Crippen molar-refractivity contribution in [3.63, 3.8) is 0 Å². The molecule has 0 spiro atoms. The van der Waals surface area contributed by atoms with Crippen molar-refractivity contribution in [3.8, 4) is 0 Å². The van der Waals surface area contributed by atoms with Gasteiger partial charge in [0.15, 0.2) is 0 Å². The Labute approximate surface area is 138 Å². The quantitative estimate of drug-likeness (QED) is 0.362. The van der Waals surface area contributed by atoms with Crippen LogP contribution in [0.25, 0.3) is 0 Å². The second kappa shape index (κ2) is 4.32. The number of anilines is 1. The fraction of sp³-hybridized carbons (Fsp3) is 0.444. The van der Waals surface area contributed by atoms with E-state index in [1.54, 1.807) is 13.0 Å². The molecule has 4 aliphatic carbocycles. The van der Waals surface area contributed by atoms with Gasteiger partial charge in [-0.2, -0.15) is 0 Å². The summed E-state index contributed by atoms with van der Waals surface area (Å²) < 4.78 is 0. The van der Waals surface area contributed by atoms with E-state index in [2.05, 4.69) is 12.2 Å². The minimum atomic E-state index is -0.519. The largest absolute Gasteiger partial charge is 0.293 e. The third-order valence-electron chi connectivity index (χ3n) is 6.23. The smallest absolute Gasteiger partial charge is 0.274 e. The lowest BCUT2D eigenvalue weighted by Crippen LogP contribution is -2.40. The Hall–Kier alpha value is -2.50. The maximum absolute atomic E-state index is 13.0. The predicted octanol–water partition coefficient (Wildman–Crippen LogP) is 2.46. The molecule has 0 radical (unpaired) electrons. The summed E-state index contributed by atoms with van der Waals surface area (Å²) in [5, 5.41) is 11.4. The highest BCUT2D eigenvalue weighted by Crippen LogP contribution is 2.65. The molecule has 1 saturated heterocycles. The van der Waals surface area contributed by atoms with Crippen molar-refractivity contribution in [3.05, 3.63) is 46.0 Å². The number of allylic oxidation sites excluding steroid dienone is 2. The third kappa shape index (κ3) is 1.56. The second-order valence-electron chi connectivity index (χ2n) is 7.42. The van der Waals surface area contributed by atoms with E-state index < -0.39 is 4.92 Å². The van der Waals surface area contributed by atoms with Crippen molar-refractivity contribution < 1.29 is 14.5 Å². The molecule has 2 amide bonds. The van der Waals surface area contributed by atoms with Gasteiger partial charge in [0, 0.05) is 6.07 Å². The van der Waals surface area contributed by atoms with Gasteiger partial charge in [0.1, 0.15) is 5.69 Å². The Kier molecular flexibility index (Phi) is 2.50. The first-order valence-electron chi connectivity index (χ1n) is 8.30. The number of rotatable bonds is 2. The van der Waals surface area contributed by atoms with E-state index in [9.17, 15) is 19.7 Å². The molecule has 2 saturated carbocycles. The number of nitro groups is 1. The maximum Gasteiger partial charge on any atom is 0.293 e. The number of benzene rings is 1. The average molecular weight is 324 g/mol. The van der Waals surface area contributed by atoms with E-state index in [0.29, 0.717) is 11.8 Å². The summed E-state index contributed by atoms with van der Waals surface area (Å²) >= 11 is 0. The fourth-order valence-electron chi connectivity index (χ4n) is 5.16. The average Bonchev–Trinajstić information content (AvgIpc) is 3.33. The van der Waals surface area contributed by atoms with Gasteiger partial charge >= 0.3 is 0 Å². The molecule has 122 valence electrons. The van der Waals surface area contributed by atoms with E-state index in [-0.39, 0.29) is 46.9 Å². The highest BCUT2D eigenvalue weighted by molar-refractivity contribution is 6.23. The van der Waals surface area contributed by atoms with Crippen LogP contribution in [0.3, 0.4) is 0 Å². The molecular formula is C18H16N2O4. The zero-order valence-electron chi connectivity index (χ0n) is 13.1. The Balaban J connectivity index is 1.61. The van der Waals surface area contributed by atoms with Crippen LogP contribution in [-0.4, -0.2) is 16.7 Å². The van der Waals surface area contributed by atoms with Gasteiger partial charge in [-0.15, -0.1) is 0 Å². The SMILES string of the molecule is Cc1ccc(N2C(=O)[C@@H]3[C@H]4C=C[C@@H]([C@@H]5C[C@@H]45)[C@@H]3C2=O)c([N+](=O)[O-])c1. The summed E-state index contributed by atoms with van der Waals surface area (Å²) in [6.07, 6.45) is 5.29. The summed E-state index contributed by atoms with van der Waals surface area (Å²) in [6, 6.07) is 4.65. The molecule has 6 nitrogen and oxygen atoms in total. The molecule has 2 bridgehead atoms. The first kappa shape index (κ1) is 13.9. The Bertz CT molecular complexity index is 809. The molecule has 24 heavy (non-hydrogen) atoms. The first-order chi connectivity index (χ1) is 11.5. The molecule has 0 aromatic heterocycles. The van der Waals surface area contributed by atoms with Crippen molar-refractivity contribution in [2.45, 2.75) is 13.3 Å². The summed E-state index contributed by atoms with van der Waals surface area (Å²) in [4.78, 5) is 38.0. The van der Waals surface area contributed by atoms with Gasteiger partial charge in [0.05, 0.1) is 16.8 Å². The van der Waals surface area contributed by atoms with Crippen molar-refractivity contribution >= 4 is 23.2 Å². The number of carbonyl (C=O) groups is 2. The zero-order chi connectivity index (χ0) is 16.7. The summed E-state index contributed by atoms with van der Waals surface area (Å²) in [5.74, 6) is 0.0847. The number of hydrogen-bond donors (Lipinski definition) is 0. The minimum absolute atomic E-state index is 0.114. The summed E-state index contributed by atoms with van der Waals surface area (Å²) in [5.41, 5.74) is 0.661. The number of amides is 2. The normalized spacial score (nSPS) is 38.3. The van der Waals surface area contributed by atoms with Crippen molar-refractivity contribution in [2.24, 2.45) is 35.5 Å². The number of nitrogens with zero attached hydrogens (tertiary/aromatic N) is 2. The van der Waals surface area contributed by atoms with Gasteiger partial charge in [0.25, 0.3) is 5.69 Å². The van der Waals surface area contributed by atoms with Gasteiger partial charge in [-0.1, -0.05) is 18.2 Å². The van der Waals surface area contributed by atoms with Crippen LogP contribution in [0, 0.1) is 52.5 Å². The number of nitro benzene ring substituents is 1. The molecule has 6 atom stereocenters. The Morgan fingerprint density at radius 1 is 1.08 bits per heavy atom. The van der Waals surface area contributed by atoms with Gasteiger partial charge in [-0.3, -0.25) is 19.7 Å². The van der Waals surface area contributed by atoms with Gasteiger partial charge < -0.3 is 0 Å². The van der Waals surface area contributed by atoms with Gasteiger partial charge in [-0.05, 0) is 48.6 Å². The number of hydrogen-bond acceptors (Lipinski definition) is 4. The molecule has 3 fully saturated rings. The van der Waals surface area contributed by atoms with Crippen LogP contribution in [0.2, 0.25) is 0 Å². The van der Waals surface area contributed by atoms with E-state index in [1.165, 1.54) is 12.1 Å². The van der Waals surface area contributed by atoms with E-state index in [1.807, 2.05) is 0 Å². The Morgan fingerprint density at radius 2 is 1.67 bits per heavy atom. The monoisotopic (exact) mass is 324 g/mol. The number of carbonyl (C=O) groups excluding carboxylic acids is 2. The summed E-state index contributed by atoms with van der Waals surface area (Å²) in [6.45, 7) is 1.75. The maximum atomic E-state index is 13.0. The number of aryl methyl sites for hydroxylation is 1. The fourth-order valence-corrected chi connectivity index (χ4v) is 5.16. The molecule has 5 aliphatic rings. The predicted molar refractivity (Wildman–Crippen MR) is 85.0 cm³/mol. The molecular weight excluding hydrogens is 308 g/mol. The van der Waals surface area contributed by atoms with E-state index in [4.69, 9.17) is 0 Å². The molecule has 0 N–H and O–H groups in total. The van der Waals surface area contributed by atoms with Gasteiger partial charge in [0.2, 0.25) is 11.8 Å². The Morgan fingerprint density at radius 3 is 2.21 bits per heavy atom. The summed E-state index contributed by atoms with van der Waals surface area (Å²) in [7, 11) is 0. The molecule has 1 aromatic carbocycles. The minimum Gasteiger partial charge on any atom is -0.274 e. The van der Waals surface area contributed by atoms with Gasteiger partial charge in [-0.25, -0.2) is 4.90 Å². The lowest BCUT2D eigenvalue weighted by atomic mass is 9.63. The molecule has 0 unspecified atom stereocenters. The topological polar surface area (TPSA) is 80.5 Å². The van der Waals surface area contributed by atoms with Crippen molar-refractivity contribution in [1.29, 1.82) is 0 Å². The molecule has 1 aliphatic heterocycles. The van der Waals surface area contributed by atoms with E-state index >= 15 is 0 Å². The number of imide groups is 1. The highest BCUT2D eigenvalue weighted by Gasteiger charge is 2.67. The van der Waals surface area contributed by atoms with Crippen LogP contribution in [-0.2, 0) is 9.59 Å². The first-order valence-corrected chi connectivity index (χ1v) is 8.30. The van der Waals surface area contributed by atoms with Crippen LogP contribution in [0.4, 0.5) is 11.4 Å². The lowest BCUT2D eigenvalue weighted by Gasteiger charge is -2.37. The molecule has 6 heteroatoms. The van der Waals surface area contributed by atoms with Crippen LogP contribution in [0.5, 0.6) is 0 Å². The van der Waals surface area contributed by atoms with Crippen molar-refractivity contribution in [2.75, 3.05) is 4.90 Å². The standard InChI is InChI=1S/C18H16N2O4/c1-8-2-5-13(14(6-8)20(23)24)19-17(21)15-9-3-4-10(12-7-11(9)12)16(15)18(19)22/h2-6,9-12,15-16H,7H2,1H3/t9-,10-,11-,12-,15-,16+/m0/s1. The van der Waals surface area contributed by atoms with Crippen LogP contribution in [0.15, 0.2) is 30.4 Å². The lowest BCUT2D eigenvalue weighted by molar-refractivity contribution is -0.384. The second-order valence-corrected chi connectivity index (χ2v) is 7.42. The van der Waals surface area contributed by atoms with Crippen LogP contribution >= 0.6 is 0 Å². The zero-order valence-corrected chi connectivity index (χ0v) is 13.1. The highest BCUT2D eigenvalue weighted by atomic mass is 16.6. The van der Waals surface area contributed by atoms with Crippen LogP contribution < -0.4 is 4.90 Å². The molecule has 1 aromatic rings. The molecule has 6 rings (SSSR count). The van der Waals surface area contributed by atoms with Crippen molar-refractivity contribution in [1.82, 2.24) is 0 Å². The third-order valence-corrected chi connectivity index (χ3v) is 6.23. The van der Waals surface area contributed by atoms with E-state index in [0.717, 1.165) is 16.9 Å².